The van der Waals surface area contributed by atoms with E-state index in [1.54, 1.807) is 0 Å². The summed E-state index contributed by atoms with van der Waals surface area (Å²) in [6.07, 6.45) is 1.92. The van der Waals surface area contributed by atoms with Crippen LogP contribution in [0.25, 0.3) is 0 Å². The van der Waals surface area contributed by atoms with Crippen molar-refractivity contribution in [2.75, 3.05) is 6.54 Å². The Balaban J connectivity index is 1.79. The molecule has 0 bridgehead atoms. The largest absolute Gasteiger partial charge is 0.390 e. The molecule has 19 heavy (non-hydrogen) atoms. The minimum atomic E-state index is 0.0301. The Kier molecular flexibility index (Phi) is 3.62. The molecule has 2 heterocycles. The van der Waals surface area contributed by atoms with Gasteiger partial charge >= 0.3 is 0 Å². The summed E-state index contributed by atoms with van der Waals surface area (Å²) in [6.45, 7) is 2.77. The highest BCUT2D eigenvalue weighted by molar-refractivity contribution is 5.20. The zero-order chi connectivity index (χ0) is 13.1. The molecule has 0 saturated carbocycles. The lowest BCUT2D eigenvalue weighted by molar-refractivity contribution is 0.274. The molecule has 2 N–H and O–H groups in total. The van der Waals surface area contributed by atoms with Gasteiger partial charge in [-0.25, -0.2) is 4.98 Å². The van der Waals surface area contributed by atoms with Gasteiger partial charge in [-0.2, -0.15) is 0 Å². The van der Waals surface area contributed by atoms with E-state index in [0.29, 0.717) is 0 Å². The number of fused-ring (bicyclic) bond motifs is 1. The van der Waals surface area contributed by atoms with Crippen molar-refractivity contribution >= 4 is 0 Å². The van der Waals surface area contributed by atoms with Crippen molar-refractivity contribution in [3.05, 3.63) is 53.1 Å². The zero-order valence-electron chi connectivity index (χ0n) is 11.0. The number of aliphatic hydroxyl groups is 1. The van der Waals surface area contributed by atoms with Crippen molar-refractivity contribution in [2.45, 2.75) is 32.5 Å². The SMILES string of the molecule is OCc1nc(CCc2ccccc2)n2c1CNCC2. The average Bonchev–Trinajstić information content (AvgIpc) is 2.84. The molecule has 2 aromatic rings. The maximum Gasteiger partial charge on any atom is 0.109 e. The fraction of sp³-hybridized carbons (Fsp3) is 0.400. The van der Waals surface area contributed by atoms with Gasteiger partial charge in [0.15, 0.2) is 0 Å². The lowest BCUT2D eigenvalue weighted by Crippen LogP contribution is -2.29. The van der Waals surface area contributed by atoms with E-state index in [2.05, 4.69) is 39.1 Å². The van der Waals surface area contributed by atoms with Crippen molar-refractivity contribution in [1.29, 1.82) is 0 Å². The Labute approximate surface area is 113 Å². The molecule has 4 heteroatoms. The number of imidazole rings is 1. The fourth-order valence-electron chi connectivity index (χ4n) is 2.67. The second-order valence-corrected chi connectivity index (χ2v) is 4.89. The summed E-state index contributed by atoms with van der Waals surface area (Å²) < 4.78 is 2.27. The highest BCUT2D eigenvalue weighted by atomic mass is 16.3. The molecule has 0 aliphatic carbocycles. The molecule has 0 amide bonds. The van der Waals surface area contributed by atoms with Crippen LogP contribution < -0.4 is 5.32 Å². The molecular formula is C15H19N3O. The number of aryl methyl sites for hydroxylation is 2. The first kappa shape index (κ1) is 12.4. The van der Waals surface area contributed by atoms with Crippen LogP contribution in [0.2, 0.25) is 0 Å². The van der Waals surface area contributed by atoms with E-state index in [9.17, 15) is 5.11 Å². The maximum absolute atomic E-state index is 9.39. The third-order valence-electron chi connectivity index (χ3n) is 3.67. The van der Waals surface area contributed by atoms with E-state index in [1.165, 1.54) is 5.56 Å². The summed E-state index contributed by atoms with van der Waals surface area (Å²) in [7, 11) is 0. The van der Waals surface area contributed by atoms with Gasteiger partial charge in [-0.05, 0) is 12.0 Å². The molecule has 0 atom stereocenters. The van der Waals surface area contributed by atoms with Gasteiger partial charge in [0, 0.05) is 26.1 Å². The lowest BCUT2D eigenvalue weighted by Gasteiger charge is -2.18. The number of aromatic nitrogens is 2. The molecule has 1 aromatic heterocycles. The van der Waals surface area contributed by atoms with Crippen LogP contribution in [0, 0.1) is 0 Å². The Morgan fingerprint density at radius 2 is 2.05 bits per heavy atom. The Morgan fingerprint density at radius 1 is 1.21 bits per heavy atom. The van der Waals surface area contributed by atoms with Crippen LogP contribution in [0.3, 0.4) is 0 Å². The molecule has 0 radical (unpaired) electrons. The van der Waals surface area contributed by atoms with Crippen molar-refractivity contribution in [2.24, 2.45) is 0 Å². The van der Waals surface area contributed by atoms with Gasteiger partial charge in [-0.15, -0.1) is 0 Å². The van der Waals surface area contributed by atoms with E-state index in [0.717, 1.165) is 49.7 Å². The van der Waals surface area contributed by atoms with E-state index >= 15 is 0 Å². The highest BCUT2D eigenvalue weighted by Crippen LogP contribution is 2.17. The lowest BCUT2D eigenvalue weighted by atomic mass is 10.1. The minimum Gasteiger partial charge on any atom is -0.390 e. The van der Waals surface area contributed by atoms with Crippen LogP contribution >= 0.6 is 0 Å². The van der Waals surface area contributed by atoms with Gasteiger partial charge in [-0.1, -0.05) is 30.3 Å². The predicted octanol–water partition coefficient (Wildman–Crippen LogP) is 1.26. The van der Waals surface area contributed by atoms with Crippen molar-refractivity contribution < 1.29 is 5.11 Å². The van der Waals surface area contributed by atoms with Gasteiger partial charge < -0.3 is 15.0 Å². The van der Waals surface area contributed by atoms with Crippen LogP contribution in [0.15, 0.2) is 30.3 Å². The normalized spacial score (nSPS) is 14.4. The third-order valence-corrected chi connectivity index (χ3v) is 3.67. The van der Waals surface area contributed by atoms with Crippen LogP contribution in [0.5, 0.6) is 0 Å². The number of rotatable bonds is 4. The van der Waals surface area contributed by atoms with Gasteiger partial charge in [0.2, 0.25) is 0 Å². The number of benzene rings is 1. The Hall–Kier alpha value is -1.65. The van der Waals surface area contributed by atoms with E-state index in [1.807, 2.05) is 6.07 Å². The molecule has 1 aromatic carbocycles. The smallest absolute Gasteiger partial charge is 0.109 e. The standard InChI is InChI=1S/C15H19N3O/c19-11-13-14-10-16-8-9-18(14)15(17-13)7-6-12-4-2-1-3-5-12/h1-5,16,19H,6-11H2. The number of hydrogen-bond acceptors (Lipinski definition) is 3. The summed E-state index contributed by atoms with van der Waals surface area (Å²) in [5.74, 6) is 1.10. The van der Waals surface area contributed by atoms with Gasteiger partial charge in [-0.3, -0.25) is 0 Å². The average molecular weight is 257 g/mol. The summed E-state index contributed by atoms with van der Waals surface area (Å²) in [6, 6.07) is 10.5. The summed E-state index contributed by atoms with van der Waals surface area (Å²) in [4.78, 5) is 4.60. The first-order chi connectivity index (χ1) is 9.38. The van der Waals surface area contributed by atoms with Crippen molar-refractivity contribution in [3.63, 3.8) is 0 Å². The topological polar surface area (TPSA) is 50.1 Å². The number of hydrogen-bond donors (Lipinski definition) is 2. The minimum absolute atomic E-state index is 0.0301. The van der Waals surface area contributed by atoms with Gasteiger partial charge in [0.1, 0.15) is 5.82 Å². The highest BCUT2D eigenvalue weighted by Gasteiger charge is 2.18. The molecule has 100 valence electrons. The molecule has 0 saturated heterocycles. The Morgan fingerprint density at radius 3 is 2.84 bits per heavy atom. The first-order valence-corrected chi connectivity index (χ1v) is 6.81. The maximum atomic E-state index is 9.39. The van der Waals surface area contributed by atoms with E-state index in [4.69, 9.17) is 0 Å². The number of nitrogens with one attached hydrogen (secondary N) is 1. The van der Waals surface area contributed by atoms with E-state index in [-0.39, 0.29) is 6.61 Å². The number of aliphatic hydroxyl groups excluding tert-OH is 1. The number of nitrogens with zero attached hydrogens (tertiary/aromatic N) is 2. The quantitative estimate of drug-likeness (QED) is 0.867. The Bertz CT molecular complexity index is 548. The molecule has 4 nitrogen and oxygen atoms in total. The van der Waals surface area contributed by atoms with Gasteiger partial charge in [0.05, 0.1) is 18.0 Å². The van der Waals surface area contributed by atoms with Crippen LogP contribution in [-0.4, -0.2) is 21.2 Å². The summed E-state index contributed by atoms with van der Waals surface area (Å²) in [5.41, 5.74) is 3.31. The second kappa shape index (κ2) is 5.55. The van der Waals surface area contributed by atoms with Gasteiger partial charge in [0.25, 0.3) is 0 Å². The van der Waals surface area contributed by atoms with Crippen molar-refractivity contribution in [3.8, 4) is 0 Å². The fourth-order valence-corrected chi connectivity index (χ4v) is 2.67. The van der Waals surface area contributed by atoms with E-state index < -0.39 is 0 Å². The summed E-state index contributed by atoms with van der Waals surface area (Å²) in [5, 5.41) is 12.7. The first-order valence-electron chi connectivity index (χ1n) is 6.81. The zero-order valence-corrected chi connectivity index (χ0v) is 11.0. The van der Waals surface area contributed by atoms with Crippen LogP contribution in [0.4, 0.5) is 0 Å². The molecular weight excluding hydrogens is 238 g/mol. The molecule has 0 unspecified atom stereocenters. The van der Waals surface area contributed by atoms with Crippen LogP contribution in [-0.2, 0) is 32.5 Å². The second-order valence-electron chi connectivity index (χ2n) is 4.89. The molecule has 1 aliphatic heterocycles. The van der Waals surface area contributed by atoms with Crippen molar-refractivity contribution in [1.82, 2.24) is 14.9 Å². The summed E-state index contributed by atoms with van der Waals surface area (Å²) >= 11 is 0. The molecule has 1 aliphatic rings. The molecule has 0 spiro atoms. The monoisotopic (exact) mass is 257 g/mol. The molecule has 3 rings (SSSR count). The van der Waals surface area contributed by atoms with Crippen LogP contribution in [0.1, 0.15) is 22.8 Å². The molecule has 0 fully saturated rings. The third kappa shape index (κ3) is 2.55. The predicted molar refractivity (Wildman–Crippen MR) is 73.7 cm³/mol.